The van der Waals surface area contributed by atoms with Crippen LogP contribution in [0, 0.1) is 0 Å². The van der Waals surface area contributed by atoms with Crippen molar-refractivity contribution in [1.29, 1.82) is 0 Å². The molecule has 2 unspecified atom stereocenters. The minimum Gasteiger partial charge on any atom is -0.458 e. The van der Waals surface area contributed by atoms with Crippen LogP contribution in [0.3, 0.4) is 0 Å². The molecule has 0 saturated heterocycles. The van der Waals surface area contributed by atoms with E-state index in [0.717, 1.165) is 13.0 Å². The Morgan fingerprint density at radius 2 is 1.97 bits per heavy atom. The van der Waals surface area contributed by atoms with E-state index in [1.54, 1.807) is 19.2 Å². The Kier molecular flexibility index (Phi) is 5.75. The molecule has 0 saturated carbocycles. The number of nitrogens with one attached hydrogen (secondary N) is 1. The molecule has 3 aromatic heterocycles. The van der Waals surface area contributed by atoms with Gasteiger partial charge in [-0.25, -0.2) is 14.3 Å². The molecule has 4 aromatic rings. The molecular weight excluding hydrogens is 465 g/mol. The number of fused-ring (bicyclic) bond motifs is 2. The van der Waals surface area contributed by atoms with Crippen molar-refractivity contribution in [2.45, 2.75) is 32.2 Å². The van der Waals surface area contributed by atoms with E-state index in [4.69, 9.17) is 16.0 Å². The number of esters is 1. The van der Waals surface area contributed by atoms with Crippen LogP contribution in [0.4, 0.5) is 13.2 Å². The monoisotopic (exact) mass is 480 g/mol. The quantitative estimate of drug-likeness (QED) is 0.415. The molecule has 0 fully saturated rings. The van der Waals surface area contributed by atoms with E-state index in [2.05, 4.69) is 20.1 Å². The number of carbonyl (C=O) groups excluding carboxylic acids is 2. The number of alkyl halides is 3. The summed E-state index contributed by atoms with van der Waals surface area (Å²) in [6.07, 6.45) is -2.48. The first-order chi connectivity index (χ1) is 15.5. The lowest BCUT2D eigenvalue weighted by molar-refractivity contribution is -0.198. The van der Waals surface area contributed by atoms with Crippen molar-refractivity contribution in [2.75, 3.05) is 0 Å². The second-order valence-electron chi connectivity index (χ2n) is 7.25. The maximum Gasteiger partial charge on any atom is 0.425 e. The zero-order chi connectivity index (χ0) is 23.9. The molecular formula is C21H16ClF3N4O4. The number of amides is 1. The van der Waals surface area contributed by atoms with Crippen LogP contribution < -0.4 is 5.32 Å². The van der Waals surface area contributed by atoms with Gasteiger partial charge in [-0.15, -0.1) is 0 Å². The van der Waals surface area contributed by atoms with Crippen LogP contribution in [-0.2, 0) is 4.74 Å². The number of aromatic nitrogens is 3. The first-order valence-electron chi connectivity index (χ1n) is 9.64. The summed E-state index contributed by atoms with van der Waals surface area (Å²) in [6.45, 7) is 2.36. The summed E-state index contributed by atoms with van der Waals surface area (Å²) >= 11 is 6.03. The van der Waals surface area contributed by atoms with E-state index >= 15 is 0 Å². The third kappa shape index (κ3) is 4.49. The van der Waals surface area contributed by atoms with Gasteiger partial charge in [0, 0.05) is 22.8 Å². The molecule has 8 nitrogen and oxygen atoms in total. The summed E-state index contributed by atoms with van der Waals surface area (Å²) in [5.74, 6) is -1.45. The molecule has 1 aromatic carbocycles. The van der Waals surface area contributed by atoms with Gasteiger partial charge in [-0.2, -0.15) is 18.3 Å². The van der Waals surface area contributed by atoms with Crippen molar-refractivity contribution in [1.82, 2.24) is 19.9 Å². The lowest BCUT2D eigenvalue weighted by atomic mass is 10.1. The van der Waals surface area contributed by atoms with Crippen molar-refractivity contribution in [3.8, 4) is 0 Å². The van der Waals surface area contributed by atoms with Crippen LogP contribution in [-0.4, -0.2) is 38.8 Å². The number of halogens is 4. The summed E-state index contributed by atoms with van der Waals surface area (Å²) in [5, 5.41) is 7.27. The number of carbonyl (C=O) groups is 2. The van der Waals surface area contributed by atoms with Gasteiger partial charge in [0.15, 0.2) is 11.8 Å². The second kappa shape index (κ2) is 8.39. The summed E-state index contributed by atoms with van der Waals surface area (Å²) in [6, 6.07) is 5.18. The summed E-state index contributed by atoms with van der Waals surface area (Å²) in [5.41, 5.74) is 0.340. The first-order valence-corrected chi connectivity index (χ1v) is 10.0. The van der Waals surface area contributed by atoms with Crippen LogP contribution in [0.2, 0.25) is 5.02 Å². The smallest absolute Gasteiger partial charge is 0.425 e. The van der Waals surface area contributed by atoms with Gasteiger partial charge in [-0.05, 0) is 38.1 Å². The molecule has 0 radical (unpaired) electrons. The molecule has 1 amide bonds. The third-order valence-corrected chi connectivity index (χ3v) is 5.08. The zero-order valence-corrected chi connectivity index (χ0v) is 17.9. The molecule has 1 N–H and O–H groups in total. The summed E-state index contributed by atoms with van der Waals surface area (Å²) in [4.78, 5) is 29.2. The average Bonchev–Trinajstić information content (AvgIpc) is 3.36. The Morgan fingerprint density at radius 3 is 2.70 bits per heavy atom. The Bertz CT molecular complexity index is 1360. The molecule has 12 heteroatoms. The van der Waals surface area contributed by atoms with E-state index in [9.17, 15) is 22.8 Å². The molecule has 0 bridgehead atoms. The second-order valence-corrected chi connectivity index (χ2v) is 7.69. The topological polar surface area (TPSA) is 98.7 Å². The highest BCUT2D eigenvalue weighted by molar-refractivity contribution is 6.32. The number of hydrogen-bond acceptors (Lipinski definition) is 6. The number of hydrogen-bond donors (Lipinski definition) is 1. The Labute approximate surface area is 189 Å². The minimum atomic E-state index is -4.71. The van der Waals surface area contributed by atoms with Crippen LogP contribution in [0.25, 0.3) is 16.6 Å². The number of furan rings is 1. The zero-order valence-electron chi connectivity index (χ0n) is 17.2. The van der Waals surface area contributed by atoms with E-state index in [1.165, 1.54) is 29.0 Å². The predicted molar refractivity (Wildman–Crippen MR) is 111 cm³/mol. The number of ether oxygens (including phenoxy) is 1. The number of nitrogens with zero attached hydrogens (tertiary/aromatic N) is 3. The molecule has 0 aliphatic carbocycles. The molecule has 0 aliphatic rings. The molecule has 172 valence electrons. The van der Waals surface area contributed by atoms with Gasteiger partial charge in [0.2, 0.25) is 0 Å². The van der Waals surface area contributed by atoms with Crippen LogP contribution in [0.15, 0.2) is 47.3 Å². The van der Waals surface area contributed by atoms with Crippen molar-refractivity contribution in [2.24, 2.45) is 0 Å². The van der Waals surface area contributed by atoms with Gasteiger partial charge in [-0.1, -0.05) is 11.6 Å². The van der Waals surface area contributed by atoms with Crippen molar-refractivity contribution in [3.63, 3.8) is 0 Å². The highest BCUT2D eigenvalue weighted by Crippen LogP contribution is 2.32. The van der Waals surface area contributed by atoms with Gasteiger partial charge in [0.05, 0.1) is 12.2 Å². The van der Waals surface area contributed by atoms with E-state index in [1.807, 2.05) is 0 Å². The standard InChI is InChI=1S/C21H16ClF3N4O4/c1-10(28-19(30)15-9-27-29-5-3-4-26-18(15)29)16-7-12-6-13(22)8-14(17(12)33-16)20(31)32-11(2)21(23,24)25/h3-11H,1-2H3,(H,28,30). The third-order valence-electron chi connectivity index (χ3n) is 4.86. The first kappa shape index (κ1) is 22.6. The van der Waals surface area contributed by atoms with Crippen LogP contribution in [0.1, 0.15) is 46.4 Å². The van der Waals surface area contributed by atoms with Gasteiger partial charge < -0.3 is 14.5 Å². The Morgan fingerprint density at radius 1 is 1.21 bits per heavy atom. The van der Waals surface area contributed by atoms with Gasteiger partial charge in [0.25, 0.3) is 5.91 Å². The van der Waals surface area contributed by atoms with Gasteiger partial charge >= 0.3 is 12.1 Å². The van der Waals surface area contributed by atoms with E-state index in [-0.39, 0.29) is 27.5 Å². The molecule has 0 aliphatic heterocycles. The van der Waals surface area contributed by atoms with Crippen molar-refractivity contribution >= 4 is 40.1 Å². The Balaban J connectivity index is 1.60. The van der Waals surface area contributed by atoms with E-state index < -0.39 is 30.2 Å². The Hall–Kier alpha value is -3.60. The molecule has 3 heterocycles. The maximum absolute atomic E-state index is 12.8. The molecule has 2 atom stereocenters. The predicted octanol–water partition coefficient (Wildman–Crippen LogP) is 4.73. The summed E-state index contributed by atoms with van der Waals surface area (Å²) < 4.78 is 50.0. The number of rotatable bonds is 5. The largest absolute Gasteiger partial charge is 0.458 e. The lowest BCUT2D eigenvalue weighted by Gasteiger charge is -2.16. The fourth-order valence-corrected chi connectivity index (χ4v) is 3.35. The van der Waals surface area contributed by atoms with Crippen LogP contribution in [0.5, 0.6) is 0 Å². The fourth-order valence-electron chi connectivity index (χ4n) is 3.13. The highest BCUT2D eigenvalue weighted by Gasteiger charge is 2.39. The van der Waals surface area contributed by atoms with Crippen molar-refractivity contribution < 1.29 is 31.9 Å². The molecule has 4 rings (SSSR count). The summed E-state index contributed by atoms with van der Waals surface area (Å²) in [7, 11) is 0. The van der Waals surface area contributed by atoms with Gasteiger partial charge in [0.1, 0.15) is 22.5 Å². The fraction of sp³-hybridized carbons (Fsp3) is 0.238. The maximum atomic E-state index is 12.8. The highest BCUT2D eigenvalue weighted by atomic mass is 35.5. The average molecular weight is 481 g/mol. The normalized spacial score (nSPS) is 13.8. The van der Waals surface area contributed by atoms with Crippen LogP contribution >= 0.6 is 11.6 Å². The van der Waals surface area contributed by atoms with E-state index in [0.29, 0.717) is 11.0 Å². The molecule has 0 spiro atoms. The number of benzene rings is 1. The minimum absolute atomic E-state index is 0.00692. The lowest BCUT2D eigenvalue weighted by Crippen LogP contribution is -2.30. The van der Waals surface area contributed by atoms with Gasteiger partial charge in [-0.3, -0.25) is 4.79 Å². The van der Waals surface area contributed by atoms with Crippen molar-refractivity contribution in [3.05, 3.63) is 64.8 Å². The SMILES string of the molecule is CC(NC(=O)c1cnn2cccnc12)c1cc2cc(Cl)cc(C(=O)OC(C)C(F)(F)F)c2o1. The molecule has 33 heavy (non-hydrogen) atoms.